The van der Waals surface area contributed by atoms with Crippen LogP contribution in [0, 0.1) is 0 Å². The molecule has 0 fully saturated rings. The van der Waals surface area contributed by atoms with Crippen molar-refractivity contribution in [3.05, 3.63) is 52.4 Å². The zero-order valence-corrected chi connectivity index (χ0v) is 13.6. The van der Waals surface area contributed by atoms with Gasteiger partial charge in [-0.1, -0.05) is 12.1 Å². The first-order chi connectivity index (χ1) is 11.3. The highest BCUT2D eigenvalue weighted by molar-refractivity contribution is 9.10. The number of para-hydroxylation sites is 1. The summed E-state index contributed by atoms with van der Waals surface area (Å²) in [5.74, 6) is -5.28. The lowest BCUT2D eigenvalue weighted by Gasteiger charge is -2.14. The van der Waals surface area contributed by atoms with E-state index in [-0.39, 0.29) is 18.1 Å². The molecule has 130 valence electrons. The number of benzene rings is 1. The average Bonchev–Trinajstić information content (AvgIpc) is 3.01. The van der Waals surface area contributed by atoms with E-state index in [9.17, 15) is 22.4 Å². The monoisotopic (exact) mass is 410 g/mol. The highest BCUT2D eigenvalue weighted by atomic mass is 79.9. The molecule has 24 heavy (non-hydrogen) atoms. The van der Waals surface area contributed by atoms with Gasteiger partial charge in [0, 0.05) is 0 Å². The molecule has 0 radical (unpaired) electrons. The molecule has 1 aromatic heterocycles. The van der Waals surface area contributed by atoms with Gasteiger partial charge in [-0.25, -0.2) is 13.6 Å². The maximum Gasteiger partial charge on any atom is 0.374 e. The fraction of sp³-hybridized carbons (Fsp3) is 0.267. The largest absolute Gasteiger partial charge is 0.484 e. The van der Waals surface area contributed by atoms with Gasteiger partial charge in [-0.15, -0.1) is 0 Å². The summed E-state index contributed by atoms with van der Waals surface area (Å²) in [7, 11) is 0. The van der Waals surface area contributed by atoms with Crippen LogP contribution in [-0.4, -0.2) is 24.9 Å². The number of halogens is 5. The molecule has 0 spiro atoms. The Hall–Kier alpha value is -2.03. The quantitative estimate of drug-likeness (QED) is 0.491. The van der Waals surface area contributed by atoms with Crippen molar-refractivity contribution in [1.82, 2.24) is 0 Å². The lowest BCUT2D eigenvalue weighted by molar-refractivity contribution is -0.155. The van der Waals surface area contributed by atoms with Crippen LogP contribution in [-0.2, 0) is 11.3 Å². The first-order valence-electron chi connectivity index (χ1n) is 6.59. The molecule has 0 saturated heterocycles. The molecule has 2 rings (SSSR count). The summed E-state index contributed by atoms with van der Waals surface area (Å²) < 4.78 is 64.7. The second-order valence-electron chi connectivity index (χ2n) is 4.62. The topological polar surface area (TPSA) is 48.7 Å². The van der Waals surface area contributed by atoms with E-state index in [1.807, 2.05) is 0 Å². The van der Waals surface area contributed by atoms with E-state index in [2.05, 4.69) is 20.7 Å². The van der Waals surface area contributed by atoms with Crippen LogP contribution in [0.1, 0.15) is 16.3 Å². The highest BCUT2D eigenvalue weighted by Crippen LogP contribution is 2.25. The number of alkyl halides is 4. The summed E-state index contributed by atoms with van der Waals surface area (Å²) >= 11 is 3.29. The Morgan fingerprint density at radius 3 is 2.58 bits per heavy atom. The molecule has 0 aliphatic rings. The van der Waals surface area contributed by atoms with E-state index in [1.54, 1.807) is 24.3 Å². The fourth-order valence-electron chi connectivity index (χ4n) is 1.57. The van der Waals surface area contributed by atoms with E-state index in [1.165, 1.54) is 12.1 Å². The van der Waals surface area contributed by atoms with Crippen LogP contribution in [0.5, 0.6) is 5.75 Å². The summed E-state index contributed by atoms with van der Waals surface area (Å²) in [5, 5.41) is 0. The van der Waals surface area contributed by atoms with E-state index >= 15 is 0 Å². The summed E-state index contributed by atoms with van der Waals surface area (Å²) in [6.07, 6.45) is -3.92. The van der Waals surface area contributed by atoms with Crippen LogP contribution in [0.3, 0.4) is 0 Å². The van der Waals surface area contributed by atoms with Crippen molar-refractivity contribution in [3.63, 3.8) is 0 Å². The lowest BCUT2D eigenvalue weighted by atomic mass is 10.3. The Kier molecular flexibility index (Phi) is 5.87. The molecule has 0 unspecified atom stereocenters. The molecule has 1 aromatic carbocycles. The standard InChI is InChI=1S/C15H11BrF4O4/c16-10-3-1-2-4-11(10)22-7-9-5-6-12(24-9)13(21)23-8-15(19,20)14(17)18/h1-6,14H,7-8H2. The summed E-state index contributed by atoms with van der Waals surface area (Å²) in [4.78, 5) is 11.5. The highest BCUT2D eigenvalue weighted by Gasteiger charge is 2.42. The van der Waals surface area contributed by atoms with Crippen molar-refractivity contribution in [2.45, 2.75) is 19.0 Å². The minimum atomic E-state index is -4.41. The second-order valence-corrected chi connectivity index (χ2v) is 5.48. The van der Waals surface area contributed by atoms with Gasteiger partial charge in [0.2, 0.25) is 5.76 Å². The minimum Gasteiger partial charge on any atom is -0.484 e. The van der Waals surface area contributed by atoms with E-state index < -0.39 is 24.9 Å². The summed E-state index contributed by atoms with van der Waals surface area (Å²) in [6.45, 7) is -1.75. The first kappa shape index (κ1) is 18.3. The van der Waals surface area contributed by atoms with Crippen LogP contribution in [0.15, 0.2) is 45.3 Å². The predicted octanol–water partition coefficient (Wildman–Crippen LogP) is 4.68. The third-order valence-corrected chi connectivity index (χ3v) is 3.44. The normalized spacial score (nSPS) is 11.6. The fourth-order valence-corrected chi connectivity index (χ4v) is 1.97. The average molecular weight is 411 g/mol. The molecule has 9 heteroatoms. The van der Waals surface area contributed by atoms with Crippen molar-refractivity contribution >= 4 is 21.9 Å². The van der Waals surface area contributed by atoms with Crippen LogP contribution >= 0.6 is 15.9 Å². The summed E-state index contributed by atoms with van der Waals surface area (Å²) in [6, 6.07) is 9.60. The third-order valence-electron chi connectivity index (χ3n) is 2.78. The maximum atomic E-state index is 12.7. The number of furan rings is 1. The molecule has 0 aliphatic heterocycles. The van der Waals surface area contributed by atoms with E-state index in [0.717, 1.165) is 0 Å². The van der Waals surface area contributed by atoms with Crippen molar-refractivity contribution in [2.24, 2.45) is 0 Å². The third kappa shape index (κ3) is 4.73. The Bertz CT molecular complexity index is 702. The number of rotatable bonds is 7. The van der Waals surface area contributed by atoms with Crippen molar-refractivity contribution < 1.29 is 36.2 Å². The molecule has 0 bridgehead atoms. The van der Waals surface area contributed by atoms with Crippen molar-refractivity contribution in [3.8, 4) is 5.75 Å². The van der Waals surface area contributed by atoms with Gasteiger partial charge in [0.15, 0.2) is 6.61 Å². The van der Waals surface area contributed by atoms with Gasteiger partial charge in [0.1, 0.15) is 18.1 Å². The zero-order chi connectivity index (χ0) is 17.7. The van der Waals surface area contributed by atoms with Crippen LogP contribution in [0.25, 0.3) is 0 Å². The SMILES string of the molecule is O=C(OCC(F)(F)C(F)F)c1ccc(COc2ccccc2Br)o1. The van der Waals surface area contributed by atoms with Gasteiger partial charge in [0.25, 0.3) is 0 Å². The van der Waals surface area contributed by atoms with Crippen molar-refractivity contribution in [1.29, 1.82) is 0 Å². The molecule has 0 aliphatic carbocycles. The van der Waals surface area contributed by atoms with Gasteiger partial charge < -0.3 is 13.9 Å². The molecule has 2 aromatic rings. The minimum absolute atomic E-state index is 0.0247. The first-order valence-corrected chi connectivity index (χ1v) is 7.38. The van der Waals surface area contributed by atoms with Crippen LogP contribution < -0.4 is 4.74 Å². The molecule has 0 saturated carbocycles. The number of ether oxygens (including phenoxy) is 2. The molecule has 0 amide bonds. The number of hydrogen-bond acceptors (Lipinski definition) is 4. The zero-order valence-electron chi connectivity index (χ0n) is 12.0. The molecular formula is C15H11BrF4O4. The molecule has 4 nitrogen and oxygen atoms in total. The van der Waals surface area contributed by atoms with Gasteiger partial charge in [-0.3, -0.25) is 0 Å². The number of carbonyl (C=O) groups is 1. The maximum absolute atomic E-state index is 12.7. The van der Waals surface area contributed by atoms with Crippen LogP contribution in [0.4, 0.5) is 17.6 Å². The Morgan fingerprint density at radius 1 is 1.21 bits per heavy atom. The smallest absolute Gasteiger partial charge is 0.374 e. The van der Waals surface area contributed by atoms with Gasteiger partial charge in [0.05, 0.1) is 4.47 Å². The number of hydrogen-bond donors (Lipinski definition) is 0. The van der Waals surface area contributed by atoms with Gasteiger partial charge in [-0.2, -0.15) is 8.78 Å². The Labute approximate surface area is 142 Å². The molecular weight excluding hydrogens is 400 g/mol. The summed E-state index contributed by atoms with van der Waals surface area (Å²) in [5.41, 5.74) is 0. The Balaban J connectivity index is 1.90. The van der Waals surface area contributed by atoms with Crippen molar-refractivity contribution in [2.75, 3.05) is 6.61 Å². The molecule has 1 heterocycles. The van der Waals surface area contributed by atoms with E-state index in [4.69, 9.17) is 9.15 Å². The lowest BCUT2D eigenvalue weighted by Crippen LogP contribution is -2.33. The number of esters is 1. The predicted molar refractivity (Wildman–Crippen MR) is 78.4 cm³/mol. The number of carbonyl (C=O) groups excluding carboxylic acids is 1. The van der Waals surface area contributed by atoms with Gasteiger partial charge in [-0.05, 0) is 40.2 Å². The van der Waals surface area contributed by atoms with E-state index in [0.29, 0.717) is 10.2 Å². The van der Waals surface area contributed by atoms with Crippen LogP contribution in [0.2, 0.25) is 0 Å². The molecule has 0 atom stereocenters. The van der Waals surface area contributed by atoms with Gasteiger partial charge >= 0.3 is 18.3 Å². The second kappa shape index (κ2) is 7.69. The molecule has 0 N–H and O–H groups in total. The Morgan fingerprint density at radius 2 is 1.92 bits per heavy atom.